The molecule has 0 aromatic heterocycles. The largest absolute Gasteiger partial charge is 0.465 e. The van der Waals surface area contributed by atoms with Crippen LogP contribution < -0.4 is 23.8 Å². The Morgan fingerprint density at radius 3 is 1.55 bits per heavy atom. The van der Waals surface area contributed by atoms with Crippen LogP contribution in [-0.2, 0) is 30.0 Å². The molecule has 2 fully saturated rings. The van der Waals surface area contributed by atoms with Gasteiger partial charge in [-0.1, -0.05) is 84.9 Å². The lowest BCUT2D eigenvalue weighted by Gasteiger charge is -2.39. The minimum absolute atomic E-state index is 0.0375. The first-order valence-electron chi connectivity index (χ1n) is 17.2. The van der Waals surface area contributed by atoms with Gasteiger partial charge in [-0.2, -0.15) is 0 Å². The van der Waals surface area contributed by atoms with E-state index >= 15 is 14.4 Å². The van der Waals surface area contributed by atoms with E-state index < -0.39 is 40.4 Å². The minimum Gasteiger partial charge on any atom is -0.465 e. The summed E-state index contributed by atoms with van der Waals surface area (Å²) in [5.74, 6) is -2.48. The summed E-state index contributed by atoms with van der Waals surface area (Å²) in [7, 11) is 1.24. The van der Waals surface area contributed by atoms with Crippen molar-refractivity contribution in [3.63, 3.8) is 0 Å². The second-order valence-corrected chi connectivity index (χ2v) is 13.5. The standard InChI is InChI=1S/C43H29NO9/c1-49-40(47)28-14-8-9-15-29(28)44-38(45)36-37(39(44)46)43(27-12-6-3-7-13-27)35(25-17-19-31-33(21-25)53-23-51-31)34(24-16-18-30-32(20-24)52-22-50-30)42(36,41(43)48)26-10-4-2-5-11-26/h2-21,36-37H,22-23H2,1H3/t36-,37-,42-,43-/m0/s1. The topological polar surface area (TPSA) is 118 Å². The number of rotatable bonds is 6. The molecule has 10 nitrogen and oxygen atoms in total. The van der Waals surface area contributed by atoms with Crippen molar-refractivity contribution in [2.45, 2.75) is 10.8 Å². The number of ether oxygens (including phenoxy) is 5. The molecule has 53 heavy (non-hydrogen) atoms. The molecule has 4 atom stereocenters. The average Bonchev–Trinajstić information content (AvgIpc) is 4.01. The predicted molar refractivity (Wildman–Crippen MR) is 190 cm³/mol. The van der Waals surface area contributed by atoms with E-state index in [-0.39, 0.29) is 30.6 Å². The summed E-state index contributed by atoms with van der Waals surface area (Å²) in [6.45, 7) is 0.0750. The Bertz CT molecular complexity index is 2320. The van der Waals surface area contributed by atoms with Gasteiger partial charge >= 0.3 is 5.97 Å². The normalized spacial score (nSPS) is 24.6. The van der Waals surface area contributed by atoms with Crippen molar-refractivity contribution in [3.05, 3.63) is 149 Å². The Morgan fingerprint density at radius 1 is 0.604 bits per heavy atom. The number of imide groups is 1. The maximum atomic E-state index is 16.3. The zero-order chi connectivity index (χ0) is 36.1. The number of para-hydroxylation sites is 1. The van der Waals surface area contributed by atoms with Gasteiger partial charge in [-0.3, -0.25) is 14.4 Å². The molecular formula is C43H29NO9. The number of fused-ring (bicyclic) bond motifs is 7. The number of benzene rings is 5. The van der Waals surface area contributed by atoms with E-state index in [1.807, 2.05) is 84.9 Å². The molecule has 10 rings (SSSR count). The van der Waals surface area contributed by atoms with Crippen molar-refractivity contribution in [1.29, 1.82) is 0 Å². The second kappa shape index (κ2) is 11.2. The number of methoxy groups -OCH3 is 1. The first kappa shape index (κ1) is 31.1. The van der Waals surface area contributed by atoms with Gasteiger partial charge in [0.05, 0.1) is 41.0 Å². The Balaban J connectivity index is 1.36. The number of nitrogens with zero attached hydrogens (tertiary/aromatic N) is 1. The van der Waals surface area contributed by atoms with Gasteiger partial charge in [0.15, 0.2) is 28.8 Å². The van der Waals surface area contributed by atoms with E-state index in [1.165, 1.54) is 13.2 Å². The molecule has 2 bridgehead atoms. The third-order valence-corrected chi connectivity index (χ3v) is 11.3. The second-order valence-electron chi connectivity index (χ2n) is 13.5. The third-order valence-electron chi connectivity index (χ3n) is 11.3. The number of amides is 2. The van der Waals surface area contributed by atoms with Crippen molar-refractivity contribution in [3.8, 4) is 23.0 Å². The first-order chi connectivity index (χ1) is 25.9. The van der Waals surface area contributed by atoms with Crippen LogP contribution in [0.25, 0.3) is 11.1 Å². The Hall–Kier alpha value is -6.68. The number of Topliss-reactive ketones (excluding diaryl/α,β-unsaturated/α-hetero) is 1. The fourth-order valence-corrected chi connectivity index (χ4v) is 9.42. The number of esters is 1. The van der Waals surface area contributed by atoms with Gasteiger partial charge in [0.25, 0.3) is 0 Å². The molecule has 1 saturated heterocycles. The van der Waals surface area contributed by atoms with Gasteiger partial charge in [0, 0.05) is 0 Å². The number of anilines is 1. The maximum absolute atomic E-state index is 16.3. The number of hydrogen-bond acceptors (Lipinski definition) is 9. The predicted octanol–water partition coefficient (Wildman–Crippen LogP) is 6.12. The van der Waals surface area contributed by atoms with Gasteiger partial charge in [0.1, 0.15) is 0 Å². The highest BCUT2D eigenvalue weighted by atomic mass is 16.7. The highest BCUT2D eigenvalue weighted by molar-refractivity contribution is 6.39. The fraction of sp³-hybridized carbons (Fsp3) is 0.163. The van der Waals surface area contributed by atoms with Gasteiger partial charge in [-0.25, -0.2) is 9.69 Å². The lowest BCUT2D eigenvalue weighted by molar-refractivity contribution is -0.130. The summed E-state index contributed by atoms with van der Waals surface area (Å²) in [6.07, 6.45) is 0. The molecule has 2 amide bonds. The van der Waals surface area contributed by atoms with E-state index in [0.29, 0.717) is 56.4 Å². The van der Waals surface area contributed by atoms with Crippen LogP contribution in [0.1, 0.15) is 32.6 Å². The van der Waals surface area contributed by atoms with Crippen LogP contribution in [0.15, 0.2) is 121 Å². The summed E-state index contributed by atoms with van der Waals surface area (Å²) in [5.41, 5.74) is 0.310. The molecule has 0 radical (unpaired) electrons. The Labute approximate surface area is 303 Å². The summed E-state index contributed by atoms with van der Waals surface area (Å²) >= 11 is 0. The highest BCUT2D eigenvalue weighted by Crippen LogP contribution is 2.75. The lowest BCUT2D eigenvalue weighted by atomic mass is 9.59. The summed E-state index contributed by atoms with van der Waals surface area (Å²) in [4.78, 5) is 61.3. The molecule has 5 aromatic rings. The van der Waals surface area contributed by atoms with Crippen LogP contribution in [0.4, 0.5) is 5.69 Å². The molecule has 1 saturated carbocycles. The smallest absolute Gasteiger partial charge is 0.339 e. The molecule has 0 N–H and O–H groups in total. The van der Waals surface area contributed by atoms with E-state index in [0.717, 1.165) is 4.90 Å². The van der Waals surface area contributed by atoms with E-state index in [2.05, 4.69) is 0 Å². The van der Waals surface area contributed by atoms with Crippen LogP contribution in [0.3, 0.4) is 0 Å². The van der Waals surface area contributed by atoms with Crippen LogP contribution >= 0.6 is 0 Å². The molecule has 5 aromatic carbocycles. The minimum atomic E-state index is -1.68. The summed E-state index contributed by atoms with van der Waals surface area (Å²) in [5, 5.41) is 0. The van der Waals surface area contributed by atoms with Gasteiger partial charge < -0.3 is 23.7 Å². The monoisotopic (exact) mass is 703 g/mol. The number of allylic oxidation sites excluding steroid dienone is 2. The Kier molecular flexibility index (Phi) is 6.54. The number of carbonyl (C=O) groups excluding carboxylic acids is 4. The van der Waals surface area contributed by atoms with Gasteiger partial charge in [-0.15, -0.1) is 0 Å². The molecule has 3 aliphatic heterocycles. The third kappa shape index (κ3) is 3.87. The van der Waals surface area contributed by atoms with Crippen molar-refractivity contribution in [2.24, 2.45) is 11.8 Å². The maximum Gasteiger partial charge on any atom is 0.339 e. The molecule has 260 valence electrons. The summed E-state index contributed by atoms with van der Waals surface area (Å²) in [6, 6.07) is 35.8. The van der Waals surface area contributed by atoms with E-state index in [9.17, 15) is 4.79 Å². The molecule has 0 spiro atoms. The fourth-order valence-electron chi connectivity index (χ4n) is 9.42. The number of hydrogen-bond donors (Lipinski definition) is 0. The van der Waals surface area contributed by atoms with E-state index in [1.54, 1.807) is 30.3 Å². The first-order valence-corrected chi connectivity index (χ1v) is 17.2. The lowest BCUT2D eigenvalue weighted by Crippen LogP contribution is -2.46. The van der Waals surface area contributed by atoms with Crippen LogP contribution in [-0.4, -0.2) is 44.3 Å². The van der Waals surface area contributed by atoms with Crippen molar-refractivity contribution >= 4 is 40.4 Å². The SMILES string of the molecule is COC(=O)c1ccccc1N1C(=O)[C@@H]2[C@@H](C1=O)[C@@]1(c3ccccc3)C(=O)[C@@]2(c2ccccc2)C(c2ccc3c(c2)OCO3)=C1c1ccc2c(c1)OCO2. The molecular weight excluding hydrogens is 674 g/mol. The molecule has 0 unspecified atom stereocenters. The van der Waals surface area contributed by atoms with Crippen LogP contribution in [0.5, 0.6) is 23.0 Å². The Morgan fingerprint density at radius 2 is 1.06 bits per heavy atom. The van der Waals surface area contributed by atoms with Crippen molar-refractivity contribution in [1.82, 2.24) is 0 Å². The summed E-state index contributed by atoms with van der Waals surface area (Å²) < 4.78 is 28.2. The van der Waals surface area contributed by atoms with Gasteiger partial charge in [0.2, 0.25) is 25.4 Å². The van der Waals surface area contributed by atoms with E-state index in [4.69, 9.17) is 23.7 Å². The highest BCUT2D eigenvalue weighted by Gasteiger charge is 2.83. The van der Waals surface area contributed by atoms with Crippen molar-refractivity contribution in [2.75, 3.05) is 25.6 Å². The van der Waals surface area contributed by atoms with Crippen molar-refractivity contribution < 1.29 is 42.9 Å². The molecule has 10 heteroatoms. The van der Waals surface area contributed by atoms with Gasteiger partial charge in [-0.05, 0) is 69.8 Å². The zero-order valence-corrected chi connectivity index (χ0v) is 28.2. The molecule has 2 aliphatic carbocycles. The average molecular weight is 704 g/mol. The van der Waals surface area contributed by atoms with Crippen LogP contribution in [0, 0.1) is 11.8 Å². The molecule has 5 aliphatic rings. The quantitative estimate of drug-likeness (QED) is 0.152. The number of ketones is 1. The zero-order valence-electron chi connectivity index (χ0n) is 28.2. The molecule has 3 heterocycles. The van der Waals surface area contributed by atoms with Crippen LogP contribution in [0.2, 0.25) is 0 Å². The number of carbonyl (C=O) groups is 4.